The molecule has 21 atom stereocenters. The minimum absolute atomic E-state index is 0.0398. The first kappa shape index (κ1) is 37.9. The highest BCUT2D eigenvalue weighted by molar-refractivity contribution is 5.84. The molecule has 3 N–H and O–H groups in total. The van der Waals surface area contributed by atoms with Crippen LogP contribution in [0.2, 0.25) is 0 Å². The third-order valence-corrected chi connectivity index (χ3v) is 16.3. The quantitative estimate of drug-likeness (QED) is 0.0614. The summed E-state index contributed by atoms with van der Waals surface area (Å²) in [5.74, 6) is -9.11. The number of aliphatic hydroxyl groups is 3. The maximum Gasteiger partial charge on any atom is 0.341 e. The Hall–Kier alpha value is -3.01. The Bertz CT molecular complexity index is 1700. The van der Waals surface area contributed by atoms with E-state index in [2.05, 4.69) is 10.0 Å². The van der Waals surface area contributed by atoms with Crippen LogP contribution in [0.25, 0.3) is 10.4 Å². The number of azide groups is 1. The Balaban J connectivity index is 1.33. The van der Waals surface area contributed by atoms with Crippen molar-refractivity contribution in [3.8, 4) is 0 Å². The number of nitrogens with zero attached hydrogens (tertiary/aromatic N) is 3. The van der Waals surface area contributed by atoms with Crippen LogP contribution in [0.5, 0.6) is 0 Å². The number of unbranched alkanes of at least 4 members (excludes halogenated alkanes) is 1. The SMILES string of the molecule is CC(=O)O[C@H]1C2C([C@@H](OC(=O)CCCCN=[N+]=[N-])[C@@H](C)[C@H]3C[C@@H]4O[C@@H]4[C@H](O)[C@]23C)[C@@H]2[C@@H](O)[C@@H]3[C@H]([C@H](C)[C@H]4O[C@]45OC(=O)[C@@](C)(O)[C@]35C)[C@@]2(C)[C@H]1OC(C)=O. The maximum absolute atomic E-state index is 13.8. The molecular weight excluding hydrogens is 706 g/mol. The van der Waals surface area contributed by atoms with E-state index in [0.29, 0.717) is 19.3 Å². The van der Waals surface area contributed by atoms with Crippen molar-refractivity contribution >= 4 is 23.9 Å². The second-order valence-corrected chi connectivity index (χ2v) is 18.4. The van der Waals surface area contributed by atoms with Gasteiger partial charge < -0.3 is 43.7 Å². The van der Waals surface area contributed by atoms with E-state index in [4.69, 9.17) is 34.0 Å². The molecule has 3 heterocycles. The van der Waals surface area contributed by atoms with Gasteiger partial charge in [0.15, 0.2) is 5.60 Å². The standard InChI is InChI=1S/C38H53N3O13/c1-14-18-13-19-28(51-19)30(46)34(18,5)24-21(27(14)52-20(44)11-9-10-12-40-41-39)23-26(45)25-22(35(23,6)32(50-17(4)43)29(24)49-16(3)42)15(2)31-38(53-31)36(25,7)37(8,48)33(47)54-38/h14-15,18-19,21-32,45-46,48H,9-13H2,1-8H3/t14-,15-,18+,19-,21?,22-,23+,24?,25-,26+,27-,28-,29-,30-,31+,32-,34-,35+,36-,37+,38-/m0/s1. The van der Waals surface area contributed by atoms with Gasteiger partial charge in [-0.05, 0) is 62.3 Å². The zero-order chi connectivity index (χ0) is 39.2. The van der Waals surface area contributed by atoms with Crippen molar-refractivity contribution in [1.82, 2.24) is 0 Å². The topological polar surface area (TPSA) is 240 Å². The van der Waals surface area contributed by atoms with Crippen LogP contribution in [0, 0.1) is 63.6 Å². The fraction of sp³-hybridized carbons (Fsp3) is 0.895. The highest BCUT2D eigenvalue weighted by atomic mass is 16.8. The van der Waals surface area contributed by atoms with E-state index in [9.17, 15) is 34.5 Å². The third kappa shape index (κ3) is 4.52. The van der Waals surface area contributed by atoms with Gasteiger partial charge in [0, 0.05) is 66.2 Å². The van der Waals surface area contributed by atoms with Crippen LogP contribution in [0.15, 0.2) is 5.11 Å². The largest absolute Gasteiger partial charge is 0.462 e. The Morgan fingerprint density at radius 2 is 1.61 bits per heavy atom. The lowest BCUT2D eigenvalue weighted by Crippen LogP contribution is -2.74. The number of hydrogen-bond acceptors (Lipinski definition) is 14. The van der Waals surface area contributed by atoms with Crippen molar-refractivity contribution in [2.24, 2.45) is 68.7 Å². The third-order valence-electron chi connectivity index (χ3n) is 16.3. The van der Waals surface area contributed by atoms with Gasteiger partial charge in [-0.3, -0.25) is 14.4 Å². The summed E-state index contributed by atoms with van der Waals surface area (Å²) >= 11 is 0. The lowest BCUT2D eigenvalue weighted by molar-refractivity contribution is -0.292. The van der Waals surface area contributed by atoms with Gasteiger partial charge in [0.05, 0.1) is 23.7 Å². The lowest BCUT2D eigenvalue weighted by Gasteiger charge is -2.67. The number of aliphatic hydroxyl groups excluding tert-OH is 2. The van der Waals surface area contributed by atoms with Crippen LogP contribution >= 0.6 is 0 Å². The second kappa shape index (κ2) is 12.0. The monoisotopic (exact) mass is 759 g/mol. The molecule has 0 radical (unpaired) electrons. The molecule has 3 aliphatic heterocycles. The second-order valence-electron chi connectivity index (χ2n) is 18.4. The summed E-state index contributed by atoms with van der Waals surface area (Å²) in [6.45, 7) is 13.6. The number of ether oxygens (including phenoxy) is 6. The van der Waals surface area contributed by atoms with E-state index in [1.807, 2.05) is 27.7 Å². The van der Waals surface area contributed by atoms with Gasteiger partial charge in [-0.2, -0.15) is 0 Å². The number of carbonyl (C=O) groups excluding carboxylic acids is 4. The molecule has 298 valence electrons. The molecule has 0 amide bonds. The molecule has 16 nitrogen and oxygen atoms in total. The summed E-state index contributed by atoms with van der Waals surface area (Å²) in [5.41, 5.74) is 2.86. The van der Waals surface area contributed by atoms with Crippen molar-refractivity contribution < 1.29 is 62.9 Å². The molecule has 1 spiro atoms. The average molecular weight is 760 g/mol. The normalized spacial score (nSPS) is 55.4. The average Bonchev–Trinajstić information content (AvgIpc) is 4.00. The Morgan fingerprint density at radius 1 is 0.926 bits per heavy atom. The Labute approximate surface area is 313 Å². The number of carbonyl (C=O) groups is 4. The van der Waals surface area contributed by atoms with Gasteiger partial charge >= 0.3 is 23.9 Å². The van der Waals surface area contributed by atoms with Crippen molar-refractivity contribution in [3.05, 3.63) is 10.4 Å². The van der Waals surface area contributed by atoms with Gasteiger partial charge in [-0.25, -0.2) is 4.79 Å². The van der Waals surface area contributed by atoms with Crippen LogP contribution in [0.4, 0.5) is 0 Å². The first-order valence-electron chi connectivity index (χ1n) is 19.5. The summed E-state index contributed by atoms with van der Waals surface area (Å²) in [6, 6.07) is 0. The first-order chi connectivity index (χ1) is 25.3. The van der Waals surface area contributed by atoms with E-state index in [1.54, 1.807) is 6.92 Å². The predicted molar refractivity (Wildman–Crippen MR) is 182 cm³/mol. The molecule has 8 fully saturated rings. The number of fused-ring (bicyclic) bond motifs is 9. The zero-order valence-corrected chi connectivity index (χ0v) is 32.0. The molecule has 0 aromatic carbocycles. The smallest absolute Gasteiger partial charge is 0.341 e. The van der Waals surface area contributed by atoms with Crippen LogP contribution in [-0.2, 0) is 47.6 Å². The molecule has 5 aliphatic carbocycles. The molecule has 5 saturated carbocycles. The van der Waals surface area contributed by atoms with Gasteiger partial charge in [0.2, 0.25) is 5.79 Å². The molecule has 0 aromatic heterocycles. The van der Waals surface area contributed by atoms with E-state index in [0.717, 1.165) is 0 Å². The van der Waals surface area contributed by atoms with E-state index < -0.39 is 130 Å². The van der Waals surface area contributed by atoms with Crippen LogP contribution in [-0.4, -0.2) is 106 Å². The summed E-state index contributed by atoms with van der Waals surface area (Å²) in [5, 5.41) is 41.0. The summed E-state index contributed by atoms with van der Waals surface area (Å²) in [6.07, 6.45) is -5.37. The highest BCUT2D eigenvalue weighted by Gasteiger charge is 2.93. The number of hydrogen-bond donors (Lipinski definition) is 3. The molecule has 0 aromatic rings. The molecule has 8 aliphatic rings. The van der Waals surface area contributed by atoms with Crippen molar-refractivity contribution in [2.45, 2.75) is 141 Å². The van der Waals surface area contributed by atoms with Gasteiger partial charge in [-0.15, -0.1) is 0 Å². The molecule has 16 heteroatoms. The molecule has 8 rings (SSSR count). The first-order valence-corrected chi connectivity index (χ1v) is 19.5. The maximum atomic E-state index is 13.8. The molecular formula is C38H53N3O13. The predicted octanol–water partition coefficient (Wildman–Crippen LogP) is 2.58. The molecule has 0 bridgehead atoms. The minimum atomic E-state index is -2.09. The highest BCUT2D eigenvalue weighted by Crippen LogP contribution is 2.81. The van der Waals surface area contributed by atoms with E-state index in [1.165, 1.54) is 20.8 Å². The Morgan fingerprint density at radius 3 is 2.26 bits per heavy atom. The van der Waals surface area contributed by atoms with Gasteiger partial charge in [-0.1, -0.05) is 32.8 Å². The number of epoxide rings is 2. The lowest BCUT2D eigenvalue weighted by atomic mass is 9.39. The summed E-state index contributed by atoms with van der Waals surface area (Å²) in [4.78, 5) is 56.5. The van der Waals surface area contributed by atoms with E-state index in [-0.39, 0.29) is 30.9 Å². The number of rotatable bonds is 8. The van der Waals surface area contributed by atoms with Crippen molar-refractivity contribution in [3.63, 3.8) is 0 Å². The molecule has 2 unspecified atom stereocenters. The fourth-order valence-corrected chi connectivity index (χ4v) is 14.0. The number of esters is 4. The Kier molecular flexibility index (Phi) is 8.42. The van der Waals surface area contributed by atoms with Crippen LogP contribution < -0.4 is 0 Å². The van der Waals surface area contributed by atoms with Gasteiger partial charge in [0.25, 0.3) is 0 Å². The summed E-state index contributed by atoms with van der Waals surface area (Å²) in [7, 11) is 0. The van der Waals surface area contributed by atoms with Gasteiger partial charge in [0.1, 0.15) is 30.5 Å². The molecule has 54 heavy (non-hydrogen) atoms. The van der Waals surface area contributed by atoms with Crippen molar-refractivity contribution in [1.29, 1.82) is 0 Å². The molecule has 3 saturated heterocycles. The summed E-state index contributed by atoms with van der Waals surface area (Å²) < 4.78 is 37.3. The van der Waals surface area contributed by atoms with Crippen molar-refractivity contribution in [2.75, 3.05) is 6.54 Å². The zero-order valence-electron chi connectivity index (χ0n) is 32.0. The van der Waals surface area contributed by atoms with Crippen LogP contribution in [0.3, 0.4) is 0 Å². The minimum Gasteiger partial charge on any atom is -0.462 e. The van der Waals surface area contributed by atoms with E-state index >= 15 is 0 Å². The van der Waals surface area contributed by atoms with Crippen LogP contribution in [0.1, 0.15) is 81.1 Å². The fourth-order valence-electron chi connectivity index (χ4n) is 14.0.